The molecule has 2 aromatic rings. The molecule has 7 heteroatoms. The fourth-order valence-electron chi connectivity index (χ4n) is 4.37. The second kappa shape index (κ2) is 8.94. The molecular formula is C23H31N3O3S. The van der Waals surface area contributed by atoms with E-state index in [9.17, 15) is 13.2 Å². The molecule has 30 heavy (non-hydrogen) atoms. The van der Waals surface area contributed by atoms with E-state index in [0.717, 1.165) is 50.6 Å². The molecule has 2 aliphatic rings. The molecule has 1 heterocycles. The molecule has 0 spiro atoms. The Morgan fingerprint density at radius 2 is 1.67 bits per heavy atom. The Labute approximate surface area is 179 Å². The van der Waals surface area contributed by atoms with Gasteiger partial charge in [0.2, 0.25) is 15.9 Å². The molecule has 0 unspecified atom stereocenters. The summed E-state index contributed by atoms with van der Waals surface area (Å²) in [6.07, 6.45) is 8.74. The number of aryl methyl sites for hydroxylation is 1. The average Bonchev–Trinajstić information content (AvgIpc) is 3.53. The highest BCUT2D eigenvalue weighted by Gasteiger charge is 2.38. The Morgan fingerprint density at radius 1 is 0.967 bits per heavy atom. The van der Waals surface area contributed by atoms with Crippen LogP contribution in [0.25, 0.3) is 0 Å². The highest BCUT2D eigenvalue weighted by atomic mass is 32.2. The third-order valence-corrected chi connectivity index (χ3v) is 8.23. The molecule has 6 nitrogen and oxygen atoms in total. The number of hydrogen-bond donors (Lipinski definition) is 0. The first kappa shape index (κ1) is 21.1. The predicted molar refractivity (Wildman–Crippen MR) is 116 cm³/mol. The maximum absolute atomic E-state index is 13.5. The number of carbonyl (C=O) groups is 1. The van der Waals surface area contributed by atoms with Crippen LogP contribution < -0.4 is 0 Å². The third kappa shape index (κ3) is 4.62. The topological polar surface area (TPSA) is 62.6 Å². The number of rotatable bonds is 8. The summed E-state index contributed by atoms with van der Waals surface area (Å²) in [5, 5.41) is 0. The van der Waals surface area contributed by atoms with E-state index in [4.69, 9.17) is 0 Å². The molecule has 0 saturated heterocycles. The normalized spacial score (nSPS) is 17.9. The molecule has 0 atom stereocenters. The molecule has 1 amide bonds. The van der Waals surface area contributed by atoms with Crippen LogP contribution in [-0.2, 0) is 28.4 Å². The van der Waals surface area contributed by atoms with E-state index in [1.165, 1.54) is 4.31 Å². The molecule has 0 radical (unpaired) electrons. The van der Waals surface area contributed by atoms with Crippen molar-refractivity contribution < 1.29 is 13.2 Å². The summed E-state index contributed by atoms with van der Waals surface area (Å²) in [5.41, 5.74) is 1.06. The molecule has 0 N–H and O–H groups in total. The molecule has 0 aliphatic heterocycles. The summed E-state index contributed by atoms with van der Waals surface area (Å²) in [5.74, 6) is -0.0937. The molecule has 2 aliphatic carbocycles. The van der Waals surface area contributed by atoms with Gasteiger partial charge >= 0.3 is 0 Å². The van der Waals surface area contributed by atoms with E-state index >= 15 is 0 Å². The Kier molecular flexibility index (Phi) is 6.29. The summed E-state index contributed by atoms with van der Waals surface area (Å²) in [6, 6.07) is 12.6. The maximum atomic E-state index is 13.5. The first-order chi connectivity index (χ1) is 14.5. The SMILES string of the molecule is Cn1cccc1CN(C(=O)CN(C1CCCCC1)S(=O)(=O)c1ccccc1)C1CC1. The number of benzene rings is 1. The van der Waals surface area contributed by atoms with Crippen LogP contribution in [0.4, 0.5) is 0 Å². The first-order valence-corrected chi connectivity index (χ1v) is 12.4. The van der Waals surface area contributed by atoms with Crippen molar-refractivity contribution in [3.63, 3.8) is 0 Å². The van der Waals surface area contributed by atoms with Crippen molar-refractivity contribution in [2.45, 2.75) is 68.5 Å². The zero-order valence-electron chi connectivity index (χ0n) is 17.6. The molecule has 4 rings (SSSR count). The number of sulfonamides is 1. The lowest BCUT2D eigenvalue weighted by molar-refractivity contribution is -0.133. The van der Waals surface area contributed by atoms with Gasteiger partial charge in [0.15, 0.2) is 0 Å². The molecule has 1 aromatic carbocycles. The molecule has 162 valence electrons. The summed E-state index contributed by atoms with van der Waals surface area (Å²) >= 11 is 0. The number of aromatic nitrogens is 1. The number of nitrogens with zero attached hydrogens (tertiary/aromatic N) is 3. The molecule has 2 saturated carbocycles. The number of hydrogen-bond acceptors (Lipinski definition) is 3. The van der Waals surface area contributed by atoms with Gasteiger partial charge < -0.3 is 9.47 Å². The van der Waals surface area contributed by atoms with Gasteiger partial charge in [-0.3, -0.25) is 4.79 Å². The van der Waals surface area contributed by atoms with E-state index in [0.29, 0.717) is 6.54 Å². The van der Waals surface area contributed by atoms with Crippen LogP contribution >= 0.6 is 0 Å². The van der Waals surface area contributed by atoms with Crippen LogP contribution in [0.3, 0.4) is 0 Å². The van der Waals surface area contributed by atoms with Gasteiger partial charge in [-0.15, -0.1) is 0 Å². The van der Waals surface area contributed by atoms with Crippen LogP contribution in [0.2, 0.25) is 0 Å². The maximum Gasteiger partial charge on any atom is 0.243 e. The van der Waals surface area contributed by atoms with Gasteiger partial charge in [0.25, 0.3) is 0 Å². The Balaban J connectivity index is 1.59. The van der Waals surface area contributed by atoms with E-state index in [-0.39, 0.29) is 29.4 Å². The van der Waals surface area contributed by atoms with Crippen LogP contribution in [0, 0.1) is 0 Å². The molecule has 0 bridgehead atoms. The van der Waals surface area contributed by atoms with Gasteiger partial charge in [0.05, 0.1) is 18.0 Å². The van der Waals surface area contributed by atoms with Gasteiger partial charge in [-0.05, 0) is 49.9 Å². The predicted octanol–water partition coefficient (Wildman–Crippen LogP) is 3.54. The van der Waals surface area contributed by atoms with Gasteiger partial charge in [0.1, 0.15) is 0 Å². The molecular weight excluding hydrogens is 398 g/mol. The first-order valence-electron chi connectivity index (χ1n) is 10.9. The summed E-state index contributed by atoms with van der Waals surface area (Å²) in [6.45, 7) is 0.444. The number of amides is 1. The molecule has 2 fully saturated rings. The fraction of sp³-hybridized carbons (Fsp3) is 0.522. The van der Waals surface area contributed by atoms with Crippen molar-refractivity contribution in [3.05, 3.63) is 54.4 Å². The van der Waals surface area contributed by atoms with Crippen molar-refractivity contribution in [3.8, 4) is 0 Å². The van der Waals surface area contributed by atoms with Crippen molar-refractivity contribution in [2.24, 2.45) is 7.05 Å². The smallest absolute Gasteiger partial charge is 0.243 e. The minimum Gasteiger partial charge on any atom is -0.353 e. The highest BCUT2D eigenvalue weighted by molar-refractivity contribution is 7.89. The van der Waals surface area contributed by atoms with Crippen LogP contribution in [-0.4, -0.2) is 46.7 Å². The van der Waals surface area contributed by atoms with Crippen molar-refractivity contribution in [1.29, 1.82) is 0 Å². The van der Waals surface area contributed by atoms with Crippen LogP contribution in [0.15, 0.2) is 53.6 Å². The van der Waals surface area contributed by atoms with Crippen LogP contribution in [0.1, 0.15) is 50.6 Å². The van der Waals surface area contributed by atoms with E-state index in [1.54, 1.807) is 24.3 Å². The molecule has 1 aromatic heterocycles. The van der Waals surface area contributed by atoms with Crippen molar-refractivity contribution >= 4 is 15.9 Å². The minimum atomic E-state index is -3.72. The van der Waals surface area contributed by atoms with Crippen molar-refractivity contribution in [1.82, 2.24) is 13.8 Å². The second-order valence-electron chi connectivity index (χ2n) is 8.52. The monoisotopic (exact) mass is 429 g/mol. The number of carbonyl (C=O) groups excluding carboxylic acids is 1. The van der Waals surface area contributed by atoms with Gasteiger partial charge in [0, 0.05) is 31.0 Å². The lowest BCUT2D eigenvalue weighted by Gasteiger charge is -2.34. The Morgan fingerprint density at radius 3 is 2.27 bits per heavy atom. The zero-order valence-corrected chi connectivity index (χ0v) is 18.4. The quantitative estimate of drug-likeness (QED) is 0.645. The van der Waals surface area contributed by atoms with E-state index < -0.39 is 10.0 Å². The van der Waals surface area contributed by atoms with Crippen molar-refractivity contribution in [2.75, 3.05) is 6.54 Å². The van der Waals surface area contributed by atoms with Gasteiger partial charge in [-0.2, -0.15) is 4.31 Å². The zero-order chi connectivity index (χ0) is 21.1. The average molecular weight is 430 g/mol. The van der Waals surface area contributed by atoms with Gasteiger partial charge in [-0.25, -0.2) is 8.42 Å². The third-order valence-electron chi connectivity index (χ3n) is 6.31. The standard InChI is InChI=1S/C23H31N3O3S/c1-24-16-8-11-21(24)17-25(19-14-15-19)23(27)18-26(20-9-4-2-5-10-20)30(28,29)22-12-6-3-7-13-22/h3,6-8,11-13,16,19-20H,2,4-5,9-10,14-15,17-18H2,1H3. The lowest BCUT2D eigenvalue weighted by Crippen LogP contribution is -2.48. The lowest BCUT2D eigenvalue weighted by atomic mass is 9.95. The summed E-state index contributed by atoms with van der Waals surface area (Å²) < 4.78 is 30.5. The summed E-state index contributed by atoms with van der Waals surface area (Å²) in [4.78, 5) is 15.6. The highest BCUT2D eigenvalue weighted by Crippen LogP contribution is 2.31. The van der Waals surface area contributed by atoms with E-state index in [1.807, 2.05) is 40.9 Å². The van der Waals surface area contributed by atoms with Gasteiger partial charge in [-0.1, -0.05) is 37.5 Å². The fourth-order valence-corrected chi connectivity index (χ4v) is 6.03. The Bertz CT molecular complexity index is 961. The van der Waals surface area contributed by atoms with Crippen LogP contribution in [0.5, 0.6) is 0 Å². The largest absolute Gasteiger partial charge is 0.353 e. The second-order valence-corrected chi connectivity index (χ2v) is 10.4. The summed E-state index contributed by atoms with van der Waals surface area (Å²) in [7, 11) is -1.75. The Hall–Kier alpha value is -2.12. The minimum absolute atomic E-state index is 0.0805. The van der Waals surface area contributed by atoms with E-state index in [2.05, 4.69) is 0 Å².